The van der Waals surface area contributed by atoms with Crippen LogP contribution in [-0.4, -0.2) is 28.9 Å². The van der Waals surface area contributed by atoms with Crippen LogP contribution < -0.4 is 10.7 Å². The lowest BCUT2D eigenvalue weighted by molar-refractivity contribution is -0.148. The predicted molar refractivity (Wildman–Crippen MR) is 173 cm³/mol. The average molecular weight is 584 g/mol. The Balaban J connectivity index is 1.36. The first kappa shape index (κ1) is 31.0. The summed E-state index contributed by atoms with van der Waals surface area (Å²) < 4.78 is 5.73. The number of carbonyl (C=O) groups is 1. The number of rotatable bonds is 10. The van der Waals surface area contributed by atoms with Crippen molar-refractivity contribution >= 4 is 29.0 Å². The highest BCUT2D eigenvalue weighted by atomic mass is 32.1. The second kappa shape index (κ2) is 13.5. The van der Waals surface area contributed by atoms with Crippen LogP contribution in [0.1, 0.15) is 143 Å². The molecule has 0 aliphatic heterocycles. The molecule has 5 aliphatic carbocycles. The summed E-state index contributed by atoms with van der Waals surface area (Å²) in [6.45, 7) is 9.00. The van der Waals surface area contributed by atoms with Gasteiger partial charge in [0.15, 0.2) is 5.11 Å². The quantitative estimate of drug-likeness (QED) is 0.117. The van der Waals surface area contributed by atoms with E-state index < -0.39 is 0 Å². The van der Waals surface area contributed by atoms with Gasteiger partial charge in [-0.1, -0.05) is 77.7 Å². The molecule has 6 heteroatoms. The van der Waals surface area contributed by atoms with Crippen molar-refractivity contribution in [1.82, 2.24) is 10.7 Å². The maximum absolute atomic E-state index is 11.8. The van der Waals surface area contributed by atoms with Crippen LogP contribution in [0.4, 0.5) is 0 Å². The molecule has 5 rings (SSSR count). The fraction of sp³-hybridized carbons (Fsp3) is 0.857. The maximum atomic E-state index is 11.8. The third kappa shape index (κ3) is 6.73. The van der Waals surface area contributed by atoms with E-state index in [1.165, 1.54) is 115 Å². The van der Waals surface area contributed by atoms with Gasteiger partial charge in [0.25, 0.3) is 0 Å². The number of fused-ring (bicyclic) bond motifs is 5. The first-order chi connectivity index (χ1) is 19.7. The number of unbranched alkanes of at least 4 members (excludes halogenated alkanes) is 5. The monoisotopic (exact) mass is 583 g/mol. The summed E-state index contributed by atoms with van der Waals surface area (Å²) in [5.74, 6) is 2.44. The van der Waals surface area contributed by atoms with Gasteiger partial charge in [-0.15, -0.1) is 0 Å². The van der Waals surface area contributed by atoms with Gasteiger partial charge < -0.3 is 10.1 Å². The number of ether oxygens (including phenoxy) is 1. The standard InChI is InChI=1S/C35H57N3O2S/c1-5-6-7-8-9-10-13-25-16-17-29-32-30(19-21-34(25,29)3)35(4)20-18-28(40-24(2)39)22-26(35)23-31(32)37-38-33(41)36-27-14-11-12-15-27/h23,25,27-30,32H,5-22H2,1-4H3,(H2,36,38,41)/b37-31+. The Morgan fingerprint density at radius 1 is 1.00 bits per heavy atom. The molecular weight excluding hydrogens is 526 g/mol. The van der Waals surface area contributed by atoms with Crippen LogP contribution in [0, 0.1) is 34.5 Å². The van der Waals surface area contributed by atoms with E-state index in [4.69, 9.17) is 22.1 Å². The molecule has 4 saturated carbocycles. The molecule has 0 bridgehead atoms. The first-order valence-electron chi connectivity index (χ1n) is 17.3. The number of esters is 1. The van der Waals surface area contributed by atoms with Crippen molar-refractivity contribution in [3.63, 3.8) is 0 Å². The van der Waals surface area contributed by atoms with Gasteiger partial charge in [-0.2, -0.15) is 5.10 Å². The zero-order valence-corrected chi connectivity index (χ0v) is 27.3. The van der Waals surface area contributed by atoms with Crippen LogP contribution in [0.2, 0.25) is 0 Å². The van der Waals surface area contributed by atoms with E-state index in [-0.39, 0.29) is 17.5 Å². The van der Waals surface area contributed by atoms with Gasteiger partial charge in [-0.25, -0.2) is 0 Å². The molecule has 0 amide bonds. The number of carbonyl (C=O) groups excluding carboxylic acids is 1. The van der Waals surface area contributed by atoms with Gasteiger partial charge in [0.2, 0.25) is 0 Å². The predicted octanol–water partition coefficient (Wildman–Crippen LogP) is 8.62. The molecule has 5 nitrogen and oxygen atoms in total. The fourth-order valence-corrected chi connectivity index (χ4v) is 10.2. The molecule has 230 valence electrons. The molecule has 41 heavy (non-hydrogen) atoms. The highest BCUT2D eigenvalue weighted by molar-refractivity contribution is 7.80. The van der Waals surface area contributed by atoms with E-state index >= 15 is 0 Å². The van der Waals surface area contributed by atoms with Crippen molar-refractivity contribution in [2.24, 2.45) is 39.6 Å². The second-order valence-corrected chi connectivity index (χ2v) is 15.2. The smallest absolute Gasteiger partial charge is 0.302 e. The summed E-state index contributed by atoms with van der Waals surface area (Å²) in [6, 6.07) is 0.481. The molecule has 0 radical (unpaired) electrons. The minimum absolute atomic E-state index is 0.00950. The average Bonchev–Trinajstić information content (AvgIpc) is 3.56. The van der Waals surface area contributed by atoms with Gasteiger partial charge >= 0.3 is 5.97 Å². The third-order valence-corrected chi connectivity index (χ3v) is 12.5. The molecule has 2 N–H and O–H groups in total. The molecule has 0 aromatic heterocycles. The highest BCUT2D eigenvalue weighted by Crippen LogP contribution is 2.66. The van der Waals surface area contributed by atoms with Crippen LogP contribution in [0.25, 0.3) is 0 Å². The van der Waals surface area contributed by atoms with Crippen molar-refractivity contribution in [2.45, 2.75) is 155 Å². The first-order valence-corrected chi connectivity index (χ1v) is 17.7. The molecule has 4 fully saturated rings. The van der Waals surface area contributed by atoms with Gasteiger partial charge in [0.1, 0.15) is 6.10 Å². The minimum Gasteiger partial charge on any atom is -0.462 e. The maximum Gasteiger partial charge on any atom is 0.302 e. The van der Waals surface area contributed by atoms with Crippen LogP contribution in [-0.2, 0) is 9.53 Å². The number of hydrogen-bond donors (Lipinski definition) is 2. The van der Waals surface area contributed by atoms with Crippen molar-refractivity contribution < 1.29 is 9.53 Å². The number of hydrazone groups is 1. The Morgan fingerprint density at radius 3 is 2.51 bits per heavy atom. The van der Waals surface area contributed by atoms with E-state index in [0.717, 1.165) is 25.2 Å². The second-order valence-electron chi connectivity index (χ2n) is 14.8. The Hall–Kier alpha value is -1.43. The summed E-state index contributed by atoms with van der Waals surface area (Å²) in [5, 5.41) is 9.30. The van der Waals surface area contributed by atoms with Crippen LogP contribution in [0.5, 0.6) is 0 Å². The summed E-state index contributed by atoms with van der Waals surface area (Å²) in [7, 11) is 0. The molecule has 5 aliphatic rings. The molecule has 0 heterocycles. The normalized spacial score (nSPS) is 37.6. The topological polar surface area (TPSA) is 62.7 Å². The Morgan fingerprint density at radius 2 is 1.76 bits per heavy atom. The molecule has 0 saturated heterocycles. The molecule has 0 aromatic rings. The lowest BCUT2D eigenvalue weighted by Gasteiger charge is -2.58. The Bertz CT molecular complexity index is 1000. The van der Waals surface area contributed by atoms with E-state index in [1.54, 1.807) is 0 Å². The van der Waals surface area contributed by atoms with Crippen molar-refractivity contribution in [1.29, 1.82) is 0 Å². The largest absolute Gasteiger partial charge is 0.462 e. The number of nitrogens with zero attached hydrogens (tertiary/aromatic N) is 1. The molecular formula is C35H57N3O2S. The Labute approximate surface area is 255 Å². The summed E-state index contributed by atoms with van der Waals surface area (Å²) in [6.07, 6.45) is 25.3. The van der Waals surface area contributed by atoms with E-state index in [9.17, 15) is 4.79 Å². The number of hydrogen-bond acceptors (Lipinski definition) is 4. The van der Waals surface area contributed by atoms with E-state index in [1.807, 2.05) is 0 Å². The summed E-state index contributed by atoms with van der Waals surface area (Å²) in [5.41, 5.74) is 6.53. The number of thiocarbonyl (C=S) groups is 1. The molecule has 7 atom stereocenters. The fourth-order valence-electron chi connectivity index (χ4n) is 9.99. The highest BCUT2D eigenvalue weighted by Gasteiger charge is 2.60. The molecule has 0 aromatic carbocycles. The molecule has 7 unspecified atom stereocenters. The van der Waals surface area contributed by atoms with Gasteiger partial charge in [0, 0.05) is 25.3 Å². The van der Waals surface area contributed by atoms with Gasteiger partial charge in [-0.3, -0.25) is 10.2 Å². The zero-order chi connectivity index (χ0) is 29.0. The lowest BCUT2D eigenvalue weighted by atomic mass is 9.47. The third-order valence-electron chi connectivity index (χ3n) is 12.3. The summed E-state index contributed by atoms with van der Waals surface area (Å²) >= 11 is 5.72. The van der Waals surface area contributed by atoms with Crippen LogP contribution >= 0.6 is 12.2 Å². The SMILES string of the molecule is CCCCCCCCC1CCC2C3/C(=N/NC(=S)NC4CCCC4)C=C4CC(OC(C)=O)CCC4(C)C3CCC12C. The van der Waals surface area contributed by atoms with E-state index in [2.05, 4.69) is 37.6 Å². The molecule has 0 spiro atoms. The van der Waals surface area contributed by atoms with Crippen LogP contribution in [0.15, 0.2) is 16.8 Å². The zero-order valence-electron chi connectivity index (χ0n) is 26.4. The van der Waals surface area contributed by atoms with Crippen molar-refractivity contribution in [2.75, 3.05) is 0 Å². The van der Waals surface area contributed by atoms with Gasteiger partial charge in [0.05, 0.1) is 5.71 Å². The summed E-state index contributed by atoms with van der Waals surface area (Å²) in [4.78, 5) is 11.8. The van der Waals surface area contributed by atoms with E-state index in [0.29, 0.717) is 34.3 Å². The lowest BCUT2D eigenvalue weighted by Crippen LogP contribution is -2.54. The number of allylic oxidation sites excluding steroid dienone is 1. The van der Waals surface area contributed by atoms with Crippen molar-refractivity contribution in [3.05, 3.63) is 11.6 Å². The number of nitrogens with one attached hydrogen (secondary N) is 2. The Kier molecular flexibility index (Phi) is 10.2. The van der Waals surface area contributed by atoms with Crippen molar-refractivity contribution in [3.8, 4) is 0 Å². The minimum atomic E-state index is -0.164. The van der Waals surface area contributed by atoms with Gasteiger partial charge in [-0.05, 0) is 105 Å². The van der Waals surface area contributed by atoms with Crippen LogP contribution in [0.3, 0.4) is 0 Å².